The first-order chi connectivity index (χ1) is 30.6. The number of non-ortho nitro benzene ring substituents is 1. The molecule has 14 nitrogen and oxygen atoms in total. The minimum absolute atomic E-state index is 0.00893. The number of pyridine rings is 1. The van der Waals surface area contributed by atoms with Gasteiger partial charge in [-0.2, -0.15) is 0 Å². The predicted molar refractivity (Wildman–Crippen MR) is 236 cm³/mol. The molecule has 1 saturated carbocycles. The summed E-state index contributed by atoms with van der Waals surface area (Å²) in [6.45, 7) is 6.63. The van der Waals surface area contributed by atoms with E-state index in [1.165, 1.54) is 29.2 Å². The molecule has 2 N–H and O–H groups in total. The Bertz CT molecular complexity index is 2270. The van der Waals surface area contributed by atoms with Gasteiger partial charge in [-0.1, -0.05) is 66.5 Å². The lowest BCUT2D eigenvalue weighted by Gasteiger charge is -2.59. The first kappa shape index (κ1) is 44.9. The number of hydrogen-bond donors (Lipinski definition) is 2. The molecule has 2 heterocycles. The van der Waals surface area contributed by atoms with E-state index in [4.69, 9.17) is 28.9 Å². The van der Waals surface area contributed by atoms with Crippen LogP contribution in [-0.4, -0.2) is 75.5 Å². The van der Waals surface area contributed by atoms with E-state index in [1.54, 1.807) is 13.1 Å². The van der Waals surface area contributed by atoms with Crippen molar-refractivity contribution in [2.24, 2.45) is 22.9 Å². The number of hydrogen-bond acceptors (Lipinski definition) is 12. The molecule has 14 heteroatoms. The maximum Gasteiger partial charge on any atom is 0.415 e. The van der Waals surface area contributed by atoms with Gasteiger partial charge in [-0.25, -0.2) is 4.79 Å². The second kappa shape index (κ2) is 20.9. The Morgan fingerprint density at radius 3 is 2.44 bits per heavy atom. The van der Waals surface area contributed by atoms with E-state index < -0.39 is 28.8 Å². The fourth-order valence-corrected chi connectivity index (χ4v) is 9.35. The number of oxime groups is 1. The number of likely N-dealkylation sites (N-methyl/N-ethyl adjacent to an activating group) is 1. The van der Waals surface area contributed by atoms with Gasteiger partial charge >= 0.3 is 6.09 Å². The van der Waals surface area contributed by atoms with E-state index in [1.807, 2.05) is 73.7 Å². The Balaban J connectivity index is 1.37. The number of aryl methyl sites for hydroxylation is 1. The highest BCUT2D eigenvalue weighted by Gasteiger charge is 2.65. The molecule has 63 heavy (non-hydrogen) atoms. The molecule has 4 aromatic rings. The van der Waals surface area contributed by atoms with Crippen molar-refractivity contribution in [2.75, 3.05) is 26.9 Å². The zero-order chi connectivity index (χ0) is 44.3. The van der Waals surface area contributed by atoms with Gasteiger partial charge < -0.3 is 38.9 Å². The average molecular weight is 861 g/mol. The Kier molecular flexibility index (Phi) is 14.9. The topological polar surface area (TPSA) is 175 Å². The summed E-state index contributed by atoms with van der Waals surface area (Å²) in [6, 6.07) is 25.8. The van der Waals surface area contributed by atoms with E-state index in [2.05, 4.69) is 17.6 Å². The number of carbonyl (C=O) groups is 1. The number of benzene rings is 3. The Hall–Kier alpha value is -6.09. The monoisotopic (exact) mass is 860 g/mol. The van der Waals surface area contributed by atoms with Crippen molar-refractivity contribution in [1.82, 2.24) is 9.88 Å². The lowest BCUT2D eigenvalue weighted by atomic mass is 9.55. The van der Waals surface area contributed by atoms with Gasteiger partial charge in [0, 0.05) is 56.0 Å². The third kappa shape index (κ3) is 10.2. The summed E-state index contributed by atoms with van der Waals surface area (Å²) < 4.78 is 26.5. The van der Waals surface area contributed by atoms with Crippen molar-refractivity contribution in [2.45, 2.75) is 82.8 Å². The zero-order valence-electron chi connectivity index (χ0n) is 35.8. The highest BCUT2D eigenvalue weighted by atomic mass is 16.7. The number of aliphatic hydroxyl groups is 2. The molecule has 3 aromatic carbocycles. The smallest absolute Gasteiger partial charge is 0.415 e. The number of amides is 1. The molecule has 332 valence electrons. The number of ether oxygens (including phenoxy) is 4. The van der Waals surface area contributed by atoms with Crippen LogP contribution in [0.2, 0.25) is 0 Å². The van der Waals surface area contributed by atoms with Crippen LogP contribution in [0.25, 0.3) is 0 Å². The lowest BCUT2D eigenvalue weighted by Crippen LogP contribution is -2.69. The number of carbonyl (C=O) groups excluding carboxylic acids is 1. The standard InChI is InChI=1S/C49H56N4O10/c1-4-27-60-49-45(52(3)48(56)62-38-21-19-37(20-22-38)53(57)58)30-43(51-61-31-34-14-6-5-7-15-34)41-28-35(16-8-10-25-54)40(18-9-11-26-55)46(47(41)49)42-29-39(23-24-44(42)63-49)59-32-36-17-12-13-33(2)50-36/h4-7,12-15,17,19-24,28-29,35,40,45-47,54-55H,1,8-11,16,18,25-27,30-32H2,2-3H3. The van der Waals surface area contributed by atoms with Crippen molar-refractivity contribution in [3.05, 3.63) is 148 Å². The van der Waals surface area contributed by atoms with Crippen LogP contribution in [0.1, 0.15) is 73.4 Å². The maximum absolute atomic E-state index is 14.3. The molecule has 3 aliphatic rings. The summed E-state index contributed by atoms with van der Waals surface area (Å²) in [5, 5.41) is 36.1. The summed E-state index contributed by atoms with van der Waals surface area (Å²) >= 11 is 0. The van der Waals surface area contributed by atoms with Crippen molar-refractivity contribution in [3.63, 3.8) is 0 Å². The molecule has 0 saturated heterocycles. The number of unbranched alkanes of at least 4 members (excludes halogenated alkanes) is 2. The summed E-state index contributed by atoms with van der Waals surface area (Å²) in [7, 11) is 1.62. The fourth-order valence-electron chi connectivity index (χ4n) is 9.35. The Morgan fingerprint density at radius 2 is 1.73 bits per heavy atom. The fraction of sp³-hybridized carbons (Fsp3) is 0.408. The van der Waals surface area contributed by atoms with E-state index in [0.29, 0.717) is 30.1 Å². The molecule has 6 unspecified atom stereocenters. The highest BCUT2D eigenvalue weighted by Crippen LogP contribution is 2.62. The molecule has 0 spiro atoms. The molecule has 0 radical (unpaired) electrons. The number of nitro groups is 1. The van der Waals surface area contributed by atoms with Gasteiger partial charge in [0.05, 0.1) is 28.9 Å². The molecule has 1 amide bonds. The van der Waals surface area contributed by atoms with Gasteiger partial charge in [0.15, 0.2) is 0 Å². The predicted octanol–water partition coefficient (Wildman–Crippen LogP) is 8.84. The SMILES string of the molecule is C=CCOC12Oc3ccc(OCc4cccc(C)n4)cc3C3C(CCCCO)C(CCCCO)C=C(C(=NOCc4ccccc4)CC1N(C)C(=O)Oc1ccc([N+](=O)[O-])cc1)C32. The van der Waals surface area contributed by atoms with Crippen molar-refractivity contribution < 1.29 is 43.7 Å². The van der Waals surface area contributed by atoms with Crippen molar-refractivity contribution in [1.29, 1.82) is 0 Å². The van der Waals surface area contributed by atoms with Crippen LogP contribution < -0.4 is 14.2 Å². The Morgan fingerprint density at radius 1 is 0.984 bits per heavy atom. The van der Waals surface area contributed by atoms with Gasteiger partial charge in [-0.15, -0.1) is 6.58 Å². The average Bonchev–Trinajstić information content (AvgIpc) is 3.29. The van der Waals surface area contributed by atoms with Gasteiger partial charge in [-0.05, 0) is 98.0 Å². The molecule has 1 aromatic heterocycles. The molecule has 1 fully saturated rings. The van der Waals surface area contributed by atoms with Gasteiger partial charge in [0.1, 0.15) is 36.5 Å². The molecular formula is C49H56N4O10. The number of aromatic nitrogens is 1. The summed E-state index contributed by atoms with van der Waals surface area (Å²) in [5.41, 5.74) is 4.92. The van der Waals surface area contributed by atoms with E-state index in [9.17, 15) is 25.1 Å². The zero-order valence-corrected chi connectivity index (χ0v) is 35.8. The first-order valence-electron chi connectivity index (χ1n) is 21.6. The minimum atomic E-state index is -1.50. The number of nitrogens with zero attached hydrogens (tertiary/aromatic N) is 4. The first-order valence-corrected chi connectivity index (χ1v) is 21.6. The molecule has 6 atom stereocenters. The maximum atomic E-state index is 14.3. The third-order valence-electron chi connectivity index (χ3n) is 12.2. The summed E-state index contributed by atoms with van der Waals surface area (Å²) in [6.07, 6.45) is 7.76. The largest absolute Gasteiger partial charge is 0.487 e. The van der Waals surface area contributed by atoms with Crippen LogP contribution in [-0.2, 0) is 22.8 Å². The number of nitro benzene ring substituents is 1. The van der Waals surface area contributed by atoms with Crippen LogP contribution in [0.3, 0.4) is 0 Å². The molecule has 7 rings (SSSR count). The second-order valence-electron chi connectivity index (χ2n) is 16.3. The molecule has 0 bridgehead atoms. The molecule has 1 aliphatic heterocycles. The van der Waals surface area contributed by atoms with E-state index in [0.717, 1.165) is 53.8 Å². The highest BCUT2D eigenvalue weighted by molar-refractivity contribution is 6.03. The van der Waals surface area contributed by atoms with Crippen LogP contribution >= 0.6 is 0 Å². The number of aliphatic hydroxyl groups excluding tert-OH is 2. The van der Waals surface area contributed by atoms with Crippen molar-refractivity contribution in [3.8, 4) is 17.2 Å². The van der Waals surface area contributed by atoms with Crippen LogP contribution in [0, 0.1) is 34.8 Å². The van der Waals surface area contributed by atoms with Crippen LogP contribution in [0.15, 0.2) is 120 Å². The second-order valence-corrected chi connectivity index (χ2v) is 16.3. The minimum Gasteiger partial charge on any atom is -0.487 e. The van der Waals surface area contributed by atoms with Gasteiger partial charge in [0.25, 0.3) is 5.69 Å². The van der Waals surface area contributed by atoms with Gasteiger partial charge in [-0.3, -0.25) is 15.1 Å². The quantitative estimate of drug-likeness (QED) is 0.0376. The van der Waals surface area contributed by atoms with Gasteiger partial charge in [0.2, 0.25) is 5.79 Å². The third-order valence-corrected chi connectivity index (χ3v) is 12.2. The molecule has 2 aliphatic carbocycles. The summed E-state index contributed by atoms with van der Waals surface area (Å²) in [4.78, 5) is 37.4. The van der Waals surface area contributed by atoms with E-state index in [-0.39, 0.29) is 68.6 Å². The number of rotatable bonds is 20. The van der Waals surface area contributed by atoms with Crippen molar-refractivity contribution >= 4 is 17.5 Å². The number of fused-ring (bicyclic) bond motifs is 2. The van der Waals surface area contributed by atoms with Crippen LogP contribution in [0.5, 0.6) is 17.2 Å². The summed E-state index contributed by atoms with van der Waals surface area (Å²) in [5.74, 6) is -0.921. The normalized spacial score (nSPS) is 22.8. The lowest BCUT2D eigenvalue weighted by molar-refractivity contribution is -0.384. The number of allylic oxidation sites excluding steroid dienone is 1. The van der Waals surface area contributed by atoms with E-state index >= 15 is 0 Å². The van der Waals surface area contributed by atoms with Crippen LogP contribution in [0.4, 0.5) is 10.5 Å². The Labute approximate surface area is 367 Å². The molecular weight excluding hydrogens is 805 g/mol.